The Kier molecular flexibility index (Phi) is 4.23. The molecule has 1 aromatic carbocycles. The van der Waals surface area contributed by atoms with Crippen molar-refractivity contribution >= 4 is 16.9 Å². The largest absolute Gasteiger partial charge is 0.339 e. The lowest BCUT2D eigenvalue weighted by molar-refractivity contribution is 0.0766. The molecular weight excluding hydrogens is 292 g/mol. The number of imidazole rings is 1. The molecule has 0 aliphatic carbocycles. The molecule has 0 fully saturated rings. The zero-order chi connectivity index (χ0) is 16.2. The molecule has 3 aromatic rings. The normalized spacial score (nSPS) is 10.8. The Morgan fingerprint density at radius 3 is 2.61 bits per heavy atom. The maximum absolute atomic E-state index is 12.7. The van der Waals surface area contributed by atoms with Gasteiger partial charge in [0.1, 0.15) is 0 Å². The summed E-state index contributed by atoms with van der Waals surface area (Å²) < 4.78 is 0. The van der Waals surface area contributed by atoms with Gasteiger partial charge in [0.05, 0.1) is 11.0 Å². The van der Waals surface area contributed by atoms with Gasteiger partial charge in [-0.25, -0.2) is 4.79 Å². The molecule has 1 amide bonds. The Morgan fingerprint density at radius 1 is 1.13 bits per heavy atom. The Balaban J connectivity index is 1.76. The molecular formula is C17H18N4O2. The van der Waals surface area contributed by atoms with E-state index in [0.717, 1.165) is 12.0 Å². The van der Waals surface area contributed by atoms with Gasteiger partial charge >= 0.3 is 5.69 Å². The third-order valence-corrected chi connectivity index (χ3v) is 3.85. The molecule has 2 N–H and O–H groups in total. The summed E-state index contributed by atoms with van der Waals surface area (Å²) in [5, 5.41) is 0. The van der Waals surface area contributed by atoms with Crippen LogP contribution in [-0.2, 0) is 6.42 Å². The highest BCUT2D eigenvalue weighted by molar-refractivity contribution is 5.97. The van der Waals surface area contributed by atoms with Crippen LogP contribution in [-0.4, -0.2) is 38.8 Å². The Bertz CT molecular complexity index is 867. The lowest BCUT2D eigenvalue weighted by Gasteiger charge is -2.21. The standard InChI is InChI=1S/C17H18N4O2/c1-2-21(10-7-12-5-8-18-9-6-12)16(22)13-3-4-14-15(11-13)20-17(23)19-14/h3-6,8-9,11H,2,7,10H2,1H3,(H2,19,20,23). The van der Waals surface area contributed by atoms with Crippen LogP contribution in [0.4, 0.5) is 0 Å². The van der Waals surface area contributed by atoms with Crippen molar-refractivity contribution in [1.82, 2.24) is 19.9 Å². The van der Waals surface area contributed by atoms with Crippen LogP contribution in [0.2, 0.25) is 0 Å². The molecule has 23 heavy (non-hydrogen) atoms. The lowest BCUT2D eigenvalue weighted by atomic mass is 10.1. The van der Waals surface area contributed by atoms with Crippen molar-refractivity contribution in [3.8, 4) is 0 Å². The van der Waals surface area contributed by atoms with Crippen LogP contribution in [0.15, 0.2) is 47.5 Å². The number of nitrogens with one attached hydrogen (secondary N) is 2. The van der Waals surface area contributed by atoms with E-state index < -0.39 is 0 Å². The second-order valence-electron chi connectivity index (χ2n) is 5.33. The third kappa shape index (κ3) is 3.31. The van der Waals surface area contributed by atoms with E-state index in [4.69, 9.17) is 0 Å². The van der Waals surface area contributed by atoms with E-state index in [1.54, 1.807) is 35.5 Å². The summed E-state index contributed by atoms with van der Waals surface area (Å²) in [6.07, 6.45) is 4.29. The van der Waals surface area contributed by atoms with Gasteiger partial charge in [-0.2, -0.15) is 0 Å². The van der Waals surface area contributed by atoms with Gasteiger partial charge in [0.15, 0.2) is 0 Å². The minimum atomic E-state index is -0.269. The number of carbonyl (C=O) groups is 1. The Labute approximate surface area is 133 Å². The van der Waals surface area contributed by atoms with Gasteiger partial charge in [-0.3, -0.25) is 9.78 Å². The summed E-state index contributed by atoms with van der Waals surface area (Å²) >= 11 is 0. The number of hydrogen-bond donors (Lipinski definition) is 2. The maximum Gasteiger partial charge on any atom is 0.323 e. The second-order valence-corrected chi connectivity index (χ2v) is 5.33. The summed E-state index contributed by atoms with van der Waals surface area (Å²) in [6, 6.07) is 9.11. The number of benzene rings is 1. The first-order valence-corrected chi connectivity index (χ1v) is 7.57. The van der Waals surface area contributed by atoms with Gasteiger partial charge in [0, 0.05) is 31.0 Å². The molecule has 3 rings (SSSR count). The number of amides is 1. The summed E-state index contributed by atoms with van der Waals surface area (Å²) in [6.45, 7) is 3.23. The van der Waals surface area contributed by atoms with E-state index >= 15 is 0 Å². The molecule has 118 valence electrons. The number of fused-ring (bicyclic) bond motifs is 1. The molecule has 0 unspecified atom stereocenters. The maximum atomic E-state index is 12.7. The number of hydrogen-bond acceptors (Lipinski definition) is 3. The molecule has 0 radical (unpaired) electrons. The van der Waals surface area contributed by atoms with Crippen molar-refractivity contribution in [2.45, 2.75) is 13.3 Å². The minimum absolute atomic E-state index is 0.0366. The summed E-state index contributed by atoms with van der Waals surface area (Å²) in [4.78, 5) is 35.1. The summed E-state index contributed by atoms with van der Waals surface area (Å²) in [7, 11) is 0. The SMILES string of the molecule is CCN(CCc1ccncc1)C(=O)c1ccc2[nH]c(=O)[nH]c2c1. The number of rotatable bonds is 5. The topological polar surface area (TPSA) is 81.8 Å². The van der Waals surface area contributed by atoms with Gasteiger partial charge < -0.3 is 14.9 Å². The first-order valence-electron chi connectivity index (χ1n) is 7.57. The first-order chi connectivity index (χ1) is 11.2. The minimum Gasteiger partial charge on any atom is -0.339 e. The highest BCUT2D eigenvalue weighted by Gasteiger charge is 2.15. The number of likely N-dealkylation sites (N-methyl/N-ethyl adjacent to an activating group) is 1. The van der Waals surface area contributed by atoms with E-state index in [9.17, 15) is 9.59 Å². The molecule has 0 saturated heterocycles. The van der Waals surface area contributed by atoms with Crippen LogP contribution >= 0.6 is 0 Å². The smallest absolute Gasteiger partial charge is 0.323 e. The van der Waals surface area contributed by atoms with Gasteiger partial charge in [-0.05, 0) is 49.2 Å². The van der Waals surface area contributed by atoms with Crippen LogP contribution in [0.25, 0.3) is 11.0 Å². The van der Waals surface area contributed by atoms with Crippen LogP contribution in [0.1, 0.15) is 22.8 Å². The van der Waals surface area contributed by atoms with Gasteiger partial charge in [0.2, 0.25) is 0 Å². The van der Waals surface area contributed by atoms with Crippen molar-refractivity contribution in [2.75, 3.05) is 13.1 Å². The summed E-state index contributed by atoms with van der Waals surface area (Å²) in [5.41, 5.74) is 2.80. The third-order valence-electron chi connectivity index (χ3n) is 3.85. The number of aromatic amines is 2. The van der Waals surface area contributed by atoms with Crippen molar-refractivity contribution in [2.24, 2.45) is 0 Å². The average molecular weight is 310 g/mol. The molecule has 0 saturated carbocycles. The molecule has 6 nitrogen and oxygen atoms in total. The van der Waals surface area contributed by atoms with Crippen LogP contribution < -0.4 is 5.69 Å². The van der Waals surface area contributed by atoms with Crippen molar-refractivity contribution in [1.29, 1.82) is 0 Å². The number of pyridine rings is 1. The van der Waals surface area contributed by atoms with Crippen molar-refractivity contribution in [3.05, 3.63) is 64.3 Å². The number of H-pyrrole nitrogens is 2. The van der Waals surface area contributed by atoms with E-state index in [-0.39, 0.29) is 11.6 Å². The zero-order valence-corrected chi connectivity index (χ0v) is 12.9. The lowest BCUT2D eigenvalue weighted by Crippen LogP contribution is -2.32. The van der Waals surface area contributed by atoms with E-state index in [2.05, 4.69) is 15.0 Å². The number of aromatic nitrogens is 3. The van der Waals surface area contributed by atoms with Gasteiger partial charge in [-0.1, -0.05) is 0 Å². The fourth-order valence-corrected chi connectivity index (χ4v) is 2.56. The fourth-order valence-electron chi connectivity index (χ4n) is 2.56. The quantitative estimate of drug-likeness (QED) is 0.756. The van der Waals surface area contributed by atoms with Gasteiger partial charge in [-0.15, -0.1) is 0 Å². The van der Waals surface area contributed by atoms with Crippen LogP contribution in [0, 0.1) is 0 Å². The molecule has 0 aliphatic heterocycles. The van der Waals surface area contributed by atoms with Gasteiger partial charge in [0.25, 0.3) is 5.91 Å². The molecule has 6 heteroatoms. The van der Waals surface area contributed by atoms with Crippen LogP contribution in [0.5, 0.6) is 0 Å². The van der Waals surface area contributed by atoms with E-state index in [1.165, 1.54) is 0 Å². The van der Waals surface area contributed by atoms with E-state index in [0.29, 0.717) is 29.7 Å². The highest BCUT2D eigenvalue weighted by atomic mass is 16.2. The van der Waals surface area contributed by atoms with E-state index in [1.807, 2.05) is 19.1 Å². The molecule has 0 spiro atoms. The molecule has 0 atom stereocenters. The number of carbonyl (C=O) groups excluding carboxylic acids is 1. The fraction of sp³-hybridized carbons (Fsp3) is 0.235. The Hall–Kier alpha value is -2.89. The highest BCUT2D eigenvalue weighted by Crippen LogP contribution is 2.13. The molecule has 0 bridgehead atoms. The first kappa shape index (κ1) is 15.0. The monoisotopic (exact) mass is 310 g/mol. The number of nitrogens with zero attached hydrogens (tertiary/aromatic N) is 2. The predicted molar refractivity (Wildman–Crippen MR) is 88.4 cm³/mol. The second kappa shape index (κ2) is 6.48. The zero-order valence-electron chi connectivity index (χ0n) is 12.9. The van der Waals surface area contributed by atoms with Crippen molar-refractivity contribution < 1.29 is 4.79 Å². The Morgan fingerprint density at radius 2 is 1.87 bits per heavy atom. The molecule has 2 heterocycles. The molecule has 2 aromatic heterocycles. The summed E-state index contributed by atoms with van der Waals surface area (Å²) in [5.74, 6) is -0.0366. The van der Waals surface area contributed by atoms with Crippen molar-refractivity contribution in [3.63, 3.8) is 0 Å². The molecule has 0 aliphatic rings. The van der Waals surface area contributed by atoms with Crippen LogP contribution in [0.3, 0.4) is 0 Å². The average Bonchev–Trinajstić information content (AvgIpc) is 2.95. The predicted octanol–water partition coefficient (Wildman–Crippen LogP) is 1.96.